The van der Waals surface area contributed by atoms with Gasteiger partial charge in [0.15, 0.2) is 0 Å². The highest BCUT2D eigenvalue weighted by Gasteiger charge is 2.19. The van der Waals surface area contributed by atoms with Crippen LogP contribution in [0, 0.1) is 10.1 Å². The summed E-state index contributed by atoms with van der Waals surface area (Å²) in [4.78, 5) is 10.1. The van der Waals surface area contributed by atoms with E-state index in [9.17, 15) is 10.1 Å². The Bertz CT molecular complexity index is 245. The number of nitrogens with zero attached hydrogens (tertiary/aromatic N) is 2. The summed E-state index contributed by atoms with van der Waals surface area (Å²) < 4.78 is 1.47. The van der Waals surface area contributed by atoms with Crippen LogP contribution in [0.3, 0.4) is 0 Å². The molecular weight excluding hydrogens is 160 g/mol. The van der Waals surface area contributed by atoms with E-state index in [-0.39, 0.29) is 13.0 Å². The molecule has 0 aliphatic heterocycles. The molecule has 0 aliphatic rings. The van der Waals surface area contributed by atoms with Crippen LogP contribution in [0.1, 0.15) is 12.6 Å². The van der Waals surface area contributed by atoms with Crippen molar-refractivity contribution in [1.29, 1.82) is 0 Å². The molecule has 0 saturated carbocycles. The molecule has 1 aromatic heterocycles. The minimum atomic E-state index is -0.843. The predicted octanol–water partition coefficient (Wildman–Crippen LogP) is 0.646. The van der Waals surface area contributed by atoms with Crippen molar-refractivity contribution in [2.75, 3.05) is 6.61 Å². The molecule has 1 N–H and O–H groups in total. The molecule has 0 amide bonds. The molecule has 5 nitrogen and oxygen atoms in total. The van der Waals surface area contributed by atoms with Gasteiger partial charge < -0.3 is 5.11 Å². The first kappa shape index (κ1) is 8.73. The maximum Gasteiger partial charge on any atom is 0.292 e. The number of rotatable bonds is 4. The Morgan fingerprint density at radius 3 is 2.50 bits per heavy atom. The number of nitro groups is 1. The average molecular weight is 170 g/mol. The summed E-state index contributed by atoms with van der Waals surface area (Å²) in [6.45, 7) is -0.177. The summed E-state index contributed by atoms with van der Waals surface area (Å²) in [5.41, 5.74) is 0. The molecule has 0 aromatic carbocycles. The monoisotopic (exact) mass is 170 g/mol. The second kappa shape index (κ2) is 3.87. The zero-order valence-corrected chi connectivity index (χ0v) is 6.46. The van der Waals surface area contributed by atoms with Crippen LogP contribution in [-0.2, 0) is 0 Å². The van der Waals surface area contributed by atoms with E-state index in [2.05, 4.69) is 0 Å². The Kier molecular flexibility index (Phi) is 2.82. The Hall–Kier alpha value is -1.36. The molecule has 1 unspecified atom stereocenters. The van der Waals surface area contributed by atoms with Crippen LogP contribution in [0.5, 0.6) is 0 Å². The van der Waals surface area contributed by atoms with E-state index < -0.39 is 11.1 Å². The fourth-order valence-corrected chi connectivity index (χ4v) is 1.03. The first-order chi connectivity index (χ1) is 5.75. The summed E-state index contributed by atoms with van der Waals surface area (Å²) in [5.74, 6) is 0. The first-order valence-corrected chi connectivity index (χ1v) is 3.62. The number of hydrogen-bond donors (Lipinski definition) is 1. The molecule has 5 heteroatoms. The van der Waals surface area contributed by atoms with Crippen LogP contribution in [0.4, 0.5) is 0 Å². The van der Waals surface area contributed by atoms with E-state index in [1.165, 1.54) is 4.57 Å². The molecule has 12 heavy (non-hydrogen) atoms. The Morgan fingerprint density at radius 1 is 1.50 bits per heavy atom. The van der Waals surface area contributed by atoms with E-state index in [1.54, 1.807) is 24.5 Å². The van der Waals surface area contributed by atoms with E-state index >= 15 is 0 Å². The van der Waals surface area contributed by atoms with Gasteiger partial charge in [0.1, 0.15) is 0 Å². The van der Waals surface area contributed by atoms with Crippen LogP contribution in [-0.4, -0.2) is 21.2 Å². The van der Waals surface area contributed by atoms with Crippen LogP contribution in [0.25, 0.3) is 0 Å². The van der Waals surface area contributed by atoms with E-state index in [1.807, 2.05) is 0 Å². The SMILES string of the molecule is O=[N+]([O-])C(CCO)n1cccc1. The third-order valence-corrected chi connectivity index (χ3v) is 1.60. The summed E-state index contributed by atoms with van der Waals surface area (Å²) >= 11 is 0. The van der Waals surface area contributed by atoms with Crippen molar-refractivity contribution in [1.82, 2.24) is 4.57 Å². The van der Waals surface area contributed by atoms with Gasteiger partial charge in [-0.1, -0.05) is 0 Å². The van der Waals surface area contributed by atoms with Gasteiger partial charge in [-0.2, -0.15) is 0 Å². The third-order valence-electron chi connectivity index (χ3n) is 1.60. The van der Waals surface area contributed by atoms with Gasteiger partial charge in [0.05, 0.1) is 13.0 Å². The fraction of sp³-hybridized carbons (Fsp3) is 0.429. The van der Waals surface area contributed by atoms with Gasteiger partial charge in [0.2, 0.25) is 0 Å². The molecule has 1 aromatic rings. The van der Waals surface area contributed by atoms with Crippen molar-refractivity contribution >= 4 is 0 Å². The molecular formula is C7H10N2O3. The molecule has 0 radical (unpaired) electrons. The number of aliphatic hydroxyl groups is 1. The van der Waals surface area contributed by atoms with Crippen LogP contribution in [0.15, 0.2) is 24.5 Å². The molecule has 1 rings (SSSR count). The molecule has 1 heterocycles. The second-order valence-electron chi connectivity index (χ2n) is 2.41. The molecule has 0 bridgehead atoms. The molecule has 0 aliphatic carbocycles. The van der Waals surface area contributed by atoms with E-state index in [0.717, 1.165) is 0 Å². The number of hydrogen-bond acceptors (Lipinski definition) is 3. The zero-order valence-electron chi connectivity index (χ0n) is 6.46. The lowest BCUT2D eigenvalue weighted by molar-refractivity contribution is -0.549. The van der Waals surface area contributed by atoms with Gasteiger partial charge in [0, 0.05) is 17.3 Å². The Balaban J connectivity index is 2.73. The van der Waals surface area contributed by atoms with Crippen molar-refractivity contribution in [3.8, 4) is 0 Å². The second-order valence-corrected chi connectivity index (χ2v) is 2.41. The van der Waals surface area contributed by atoms with Gasteiger partial charge in [-0.25, -0.2) is 0 Å². The standard InChI is InChI=1S/C7H10N2O3/c10-6-3-7(9(11)12)8-4-1-2-5-8/h1-2,4-5,7,10H,3,6H2. The van der Waals surface area contributed by atoms with Gasteiger partial charge in [0.25, 0.3) is 6.17 Å². The third kappa shape index (κ3) is 1.82. The maximum absolute atomic E-state index is 10.5. The lowest BCUT2D eigenvalue weighted by Gasteiger charge is -2.08. The first-order valence-electron chi connectivity index (χ1n) is 3.62. The van der Waals surface area contributed by atoms with E-state index in [0.29, 0.717) is 0 Å². The maximum atomic E-state index is 10.5. The Morgan fingerprint density at radius 2 is 2.08 bits per heavy atom. The van der Waals surface area contributed by atoms with Crippen LogP contribution >= 0.6 is 0 Å². The van der Waals surface area contributed by atoms with Crippen molar-refractivity contribution in [2.24, 2.45) is 0 Å². The highest BCUT2D eigenvalue weighted by Crippen LogP contribution is 2.11. The van der Waals surface area contributed by atoms with Crippen molar-refractivity contribution < 1.29 is 10.0 Å². The summed E-state index contributed by atoms with van der Waals surface area (Å²) in [6.07, 6.45) is 2.53. The van der Waals surface area contributed by atoms with Gasteiger partial charge in [-0.15, -0.1) is 0 Å². The largest absolute Gasteiger partial charge is 0.396 e. The summed E-state index contributed by atoms with van der Waals surface area (Å²) in [7, 11) is 0. The molecule has 0 spiro atoms. The molecule has 0 fully saturated rings. The lowest BCUT2D eigenvalue weighted by atomic mass is 10.3. The van der Waals surface area contributed by atoms with Crippen molar-refractivity contribution in [2.45, 2.75) is 12.6 Å². The number of aromatic nitrogens is 1. The fourth-order valence-electron chi connectivity index (χ4n) is 1.03. The lowest BCUT2D eigenvalue weighted by Crippen LogP contribution is -2.17. The molecule has 0 saturated heterocycles. The smallest absolute Gasteiger partial charge is 0.292 e. The average Bonchev–Trinajstić information content (AvgIpc) is 2.51. The number of aliphatic hydroxyl groups excluding tert-OH is 1. The zero-order chi connectivity index (χ0) is 8.97. The van der Waals surface area contributed by atoms with Gasteiger partial charge in [-0.3, -0.25) is 14.7 Å². The summed E-state index contributed by atoms with van der Waals surface area (Å²) in [5, 5.41) is 19.0. The molecule has 1 atom stereocenters. The minimum Gasteiger partial charge on any atom is -0.396 e. The minimum absolute atomic E-state index is 0.141. The molecule has 66 valence electrons. The normalized spacial score (nSPS) is 12.8. The Labute approximate surface area is 69.4 Å². The topological polar surface area (TPSA) is 68.3 Å². The highest BCUT2D eigenvalue weighted by atomic mass is 16.6. The quantitative estimate of drug-likeness (QED) is 0.532. The van der Waals surface area contributed by atoms with Gasteiger partial charge >= 0.3 is 0 Å². The van der Waals surface area contributed by atoms with Crippen LogP contribution < -0.4 is 0 Å². The predicted molar refractivity (Wildman–Crippen MR) is 42.2 cm³/mol. The van der Waals surface area contributed by atoms with E-state index in [4.69, 9.17) is 5.11 Å². The summed E-state index contributed by atoms with van der Waals surface area (Å²) in [6, 6.07) is 3.43. The van der Waals surface area contributed by atoms with Gasteiger partial charge in [-0.05, 0) is 12.1 Å². The van der Waals surface area contributed by atoms with Crippen molar-refractivity contribution in [3.05, 3.63) is 34.6 Å². The van der Waals surface area contributed by atoms with Crippen molar-refractivity contribution in [3.63, 3.8) is 0 Å². The van der Waals surface area contributed by atoms with Crippen LogP contribution in [0.2, 0.25) is 0 Å². The highest BCUT2D eigenvalue weighted by molar-refractivity contribution is 4.91.